The van der Waals surface area contributed by atoms with Crippen LogP contribution in [0.1, 0.15) is 34.6 Å². The van der Waals surface area contributed by atoms with Crippen molar-refractivity contribution in [3.63, 3.8) is 0 Å². The minimum Gasteiger partial charge on any atom is -0.493 e. The molecule has 9 heteroatoms. The third-order valence-electron chi connectivity index (χ3n) is 4.27. The number of alkyl halides is 3. The first-order valence-electron chi connectivity index (χ1n) is 8.56. The lowest BCUT2D eigenvalue weighted by atomic mass is 10.1. The number of carbonyl (C=O) groups is 1. The summed E-state index contributed by atoms with van der Waals surface area (Å²) in [5.74, 6) is -0.871. The van der Waals surface area contributed by atoms with Gasteiger partial charge < -0.3 is 10.1 Å². The van der Waals surface area contributed by atoms with Crippen LogP contribution in [0.3, 0.4) is 0 Å². The van der Waals surface area contributed by atoms with E-state index in [0.29, 0.717) is 5.56 Å². The van der Waals surface area contributed by atoms with Crippen molar-refractivity contribution in [1.29, 1.82) is 0 Å². The largest absolute Gasteiger partial charge is 0.493 e. The molecule has 152 valence electrons. The average molecular weight is 407 g/mol. The number of aromatic nitrogens is 2. The second-order valence-electron chi connectivity index (χ2n) is 6.29. The lowest BCUT2D eigenvalue weighted by Crippen LogP contribution is -2.27. The molecule has 0 fully saturated rings. The fourth-order valence-electron chi connectivity index (χ4n) is 2.72. The van der Waals surface area contributed by atoms with Gasteiger partial charge in [0, 0.05) is 0 Å². The Morgan fingerprint density at radius 3 is 2.48 bits per heavy atom. The van der Waals surface area contributed by atoms with Gasteiger partial charge in [0.1, 0.15) is 5.82 Å². The molecule has 3 aromatic rings. The molecule has 2 aromatic carbocycles. The van der Waals surface area contributed by atoms with E-state index >= 15 is 0 Å². The first-order chi connectivity index (χ1) is 13.7. The summed E-state index contributed by atoms with van der Waals surface area (Å²) in [6, 6.07) is 9.75. The highest BCUT2D eigenvalue weighted by molar-refractivity contribution is 5.95. The van der Waals surface area contributed by atoms with Crippen LogP contribution in [0.15, 0.2) is 54.7 Å². The van der Waals surface area contributed by atoms with Gasteiger partial charge in [-0.3, -0.25) is 4.79 Å². The number of hydrogen-bond acceptors (Lipinski definition) is 3. The second-order valence-corrected chi connectivity index (χ2v) is 6.29. The van der Waals surface area contributed by atoms with Crippen molar-refractivity contribution in [3.05, 3.63) is 77.4 Å². The smallest absolute Gasteiger partial charge is 0.416 e. The van der Waals surface area contributed by atoms with Gasteiger partial charge >= 0.3 is 6.18 Å². The van der Waals surface area contributed by atoms with E-state index in [1.165, 1.54) is 37.6 Å². The van der Waals surface area contributed by atoms with E-state index < -0.39 is 29.5 Å². The Morgan fingerprint density at radius 2 is 1.86 bits per heavy atom. The van der Waals surface area contributed by atoms with Crippen LogP contribution in [0.2, 0.25) is 0 Å². The number of amides is 1. The highest BCUT2D eigenvalue weighted by Gasteiger charge is 2.31. The van der Waals surface area contributed by atoms with E-state index in [9.17, 15) is 22.4 Å². The Labute approximate surface area is 163 Å². The molecule has 0 aliphatic carbocycles. The van der Waals surface area contributed by atoms with Crippen molar-refractivity contribution >= 4 is 5.91 Å². The number of ether oxygens (including phenoxy) is 1. The summed E-state index contributed by atoms with van der Waals surface area (Å²) in [4.78, 5) is 12.6. The van der Waals surface area contributed by atoms with Crippen LogP contribution < -0.4 is 10.1 Å². The Balaban J connectivity index is 1.86. The zero-order valence-corrected chi connectivity index (χ0v) is 15.5. The number of halogens is 4. The summed E-state index contributed by atoms with van der Waals surface area (Å²) in [5, 5.41) is 6.80. The molecular weight excluding hydrogens is 390 g/mol. The quantitative estimate of drug-likeness (QED) is 0.633. The fourth-order valence-corrected chi connectivity index (χ4v) is 2.72. The standard InChI is InChI=1S/C20H17F4N3O2/c1-12(13-6-8-15(21)9-7-13)25-19(28)18-17(29-2)11-27(26-18)16-5-3-4-14(10-16)20(22,23)24/h3-12H,1-2H3,(H,25,28). The molecule has 1 atom stereocenters. The monoisotopic (exact) mass is 407 g/mol. The Bertz CT molecular complexity index is 1010. The van der Waals surface area contributed by atoms with E-state index in [1.54, 1.807) is 19.1 Å². The van der Waals surface area contributed by atoms with E-state index in [-0.39, 0.29) is 17.1 Å². The van der Waals surface area contributed by atoms with Crippen molar-refractivity contribution < 1.29 is 27.1 Å². The number of carbonyl (C=O) groups excluding carboxylic acids is 1. The highest BCUT2D eigenvalue weighted by atomic mass is 19.4. The predicted molar refractivity (Wildman–Crippen MR) is 97.4 cm³/mol. The second kappa shape index (κ2) is 7.94. The van der Waals surface area contributed by atoms with Crippen LogP contribution in [0, 0.1) is 5.82 Å². The highest BCUT2D eigenvalue weighted by Crippen LogP contribution is 2.31. The molecule has 0 saturated carbocycles. The van der Waals surface area contributed by atoms with E-state index in [4.69, 9.17) is 4.74 Å². The Kier molecular flexibility index (Phi) is 5.58. The lowest BCUT2D eigenvalue weighted by Gasteiger charge is -2.13. The van der Waals surface area contributed by atoms with E-state index in [0.717, 1.165) is 16.8 Å². The molecule has 0 spiro atoms. The Morgan fingerprint density at radius 1 is 1.17 bits per heavy atom. The van der Waals surface area contributed by atoms with Crippen molar-refractivity contribution in [2.24, 2.45) is 0 Å². The minimum atomic E-state index is -4.50. The van der Waals surface area contributed by atoms with Crippen LogP contribution >= 0.6 is 0 Å². The van der Waals surface area contributed by atoms with Gasteiger partial charge in [-0.15, -0.1) is 0 Å². The number of methoxy groups -OCH3 is 1. The van der Waals surface area contributed by atoms with Gasteiger partial charge in [-0.1, -0.05) is 18.2 Å². The molecule has 0 radical (unpaired) electrons. The third kappa shape index (κ3) is 4.56. The van der Waals surface area contributed by atoms with E-state index in [2.05, 4.69) is 10.4 Å². The number of benzene rings is 2. The molecule has 0 saturated heterocycles. The van der Waals surface area contributed by atoms with Gasteiger partial charge in [-0.05, 0) is 42.8 Å². The maximum Gasteiger partial charge on any atom is 0.416 e. The molecule has 1 heterocycles. The van der Waals surface area contributed by atoms with Crippen LogP contribution in [-0.2, 0) is 6.18 Å². The molecule has 1 unspecified atom stereocenters. The summed E-state index contributed by atoms with van der Waals surface area (Å²) in [5.41, 5.74) is -0.112. The molecule has 0 bridgehead atoms. The summed E-state index contributed by atoms with van der Waals surface area (Å²) in [6.45, 7) is 1.71. The first kappa shape index (κ1) is 20.4. The predicted octanol–water partition coefficient (Wildman–Crippen LogP) is 4.53. The molecule has 3 rings (SSSR count). The topological polar surface area (TPSA) is 56.2 Å². The first-order valence-corrected chi connectivity index (χ1v) is 8.56. The molecule has 1 N–H and O–H groups in total. The van der Waals surface area contributed by atoms with Gasteiger partial charge in [0.15, 0.2) is 11.4 Å². The molecule has 1 aromatic heterocycles. The Hall–Kier alpha value is -3.36. The van der Waals surface area contributed by atoms with Gasteiger partial charge in [0.25, 0.3) is 5.91 Å². The van der Waals surface area contributed by atoms with Crippen LogP contribution in [0.5, 0.6) is 5.75 Å². The summed E-state index contributed by atoms with van der Waals surface area (Å²) >= 11 is 0. The minimum absolute atomic E-state index is 0.0844. The summed E-state index contributed by atoms with van der Waals surface area (Å²) < 4.78 is 58.2. The summed E-state index contributed by atoms with van der Waals surface area (Å²) in [6.07, 6.45) is -3.18. The third-order valence-corrected chi connectivity index (χ3v) is 4.27. The van der Waals surface area contributed by atoms with Gasteiger partial charge in [0.2, 0.25) is 0 Å². The lowest BCUT2D eigenvalue weighted by molar-refractivity contribution is -0.137. The maximum absolute atomic E-state index is 13.1. The molecule has 5 nitrogen and oxygen atoms in total. The van der Waals surface area contributed by atoms with Gasteiger partial charge in [-0.25, -0.2) is 9.07 Å². The van der Waals surface area contributed by atoms with Crippen molar-refractivity contribution in [1.82, 2.24) is 15.1 Å². The van der Waals surface area contributed by atoms with Crippen molar-refractivity contribution in [2.75, 3.05) is 7.11 Å². The van der Waals surface area contributed by atoms with Crippen molar-refractivity contribution in [2.45, 2.75) is 19.1 Å². The number of hydrogen-bond donors (Lipinski definition) is 1. The zero-order valence-electron chi connectivity index (χ0n) is 15.5. The van der Waals surface area contributed by atoms with Gasteiger partial charge in [0.05, 0.1) is 30.6 Å². The fraction of sp³-hybridized carbons (Fsp3) is 0.200. The normalized spacial score (nSPS) is 12.5. The molecule has 0 aliphatic heterocycles. The maximum atomic E-state index is 13.1. The molecule has 0 aliphatic rings. The number of nitrogens with zero attached hydrogens (tertiary/aromatic N) is 2. The molecule has 29 heavy (non-hydrogen) atoms. The van der Waals surface area contributed by atoms with Crippen LogP contribution in [-0.4, -0.2) is 22.8 Å². The van der Waals surface area contributed by atoms with E-state index in [1.807, 2.05) is 0 Å². The SMILES string of the molecule is COc1cn(-c2cccc(C(F)(F)F)c2)nc1C(=O)NC(C)c1ccc(F)cc1. The van der Waals surface area contributed by atoms with Gasteiger partial charge in [-0.2, -0.15) is 18.3 Å². The summed E-state index contributed by atoms with van der Waals surface area (Å²) in [7, 11) is 1.33. The van der Waals surface area contributed by atoms with Crippen molar-refractivity contribution in [3.8, 4) is 11.4 Å². The van der Waals surface area contributed by atoms with Crippen LogP contribution in [0.25, 0.3) is 5.69 Å². The number of rotatable bonds is 5. The van der Waals surface area contributed by atoms with Crippen LogP contribution in [0.4, 0.5) is 17.6 Å². The number of nitrogens with one attached hydrogen (secondary N) is 1. The average Bonchev–Trinajstić information content (AvgIpc) is 3.12. The zero-order chi connectivity index (χ0) is 21.2. The molecular formula is C20H17F4N3O2. The molecule has 1 amide bonds.